The van der Waals surface area contributed by atoms with Crippen molar-refractivity contribution < 1.29 is 23.9 Å². The van der Waals surface area contributed by atoms with Gasteiger partial charge in [0.1, 0.15) is 11.8 Å². The van der Waals surface area contributed by atoms with Crippen molar-refractivity contribution in [3.63, 3.8) is 0 Å². The minimum Gasteiger partial charge on any atom is -0.467 e. The van der Waals surface area contributed by atoms with Gasteiger partial charge in [-0.3, -0.25) is 9.59 Å². The van der Waals surface area contributed by atoms with Crippen molar-refractivity contribution in [3.05, 3.63) is 35.9 Å². The summed E-state index contributed by atoms with van der Waals surface area (Å²) in [5.41, 5.74) is 0.681. The Labute approximate surface area is 136 Å². The molecule has 0 saturated heterocycles. The minimum atomic E-state index is -0.871. The third-order valence-electron chi connectivity index (χ3n) is 3.48. The second-order valence-corrected chi connectivity index (χ2v) is 5.04. The Morgan fingerprint density at radius 2 is 1.78 bits per heavy atom. The Morgan fingerprint density at radius 1 is 1.13 bits per heavy atom. The van der Waals surface area contributed by atoms with Gasteiger partial charge in [-0.25, -0.2) is 4.79 Å². The molecule has 0 heterocycles. The molecule has 1 aromatic carbocycles. The molecule has 0 aliphatic rings. The Kier molecular flexibility index (Phi) is 7.97. The molecule has 126 valence electrons. The second kappa shape index (κ2) is 9.74. The van der Waals surface area contributed by atoms with E-state index in [0.29, 0.717) is 12.0 Å². The maximum atomic E-state index is 12.4. The van der Waals surface area contributed by atoms with Crippen molar-refractivity contribution >= 4 is 17.7 Å². The van der Waals surface area contributed by atoms with E-state index < -0.39 is 24.0 Å². The number of hydrogen-bond donors (Lipinski definition) is 1. The SMILES string of the molecule is CCC(=O)CC[C@H](NC(=O)[C@@H](OC)c1ccccc1)C(=O)OC. The number of esters is 1. The van der Waals surface area contributed by atoms with Gasteiger partial charge >= 0.3 is 5.97 Å². The van der Waals surface area contributed by atoms with Crippen molar-refractivity contribution in [3.8, 4) is 0 Å². The molecule has 0 radical (unpaired) electrons. The van der Waals surface area contributed by atoms with Crippen LogP contribution >= 0.6 is 0 Å². The van der Waals surface area contributed by atoms with Crippen LogP contribution in [0.25, 0.3) is 0 Å². The van der Waals surface area contributed by atoms with E-state index >= 15 is 0 Å². The van der Waals surface area contributed by atoms with Crippen LogP contribution in [0.3, 0.4) is 0 Å². The monoisotopic (exact) mass is 321 g/mol. The number of rotatable bonds is 9. The molecule has 2 atom stereocenters. The predicted octanol–water partition coefficient (Wildman–Crippen LogP) is 1.79. The fourth-order valence-electron chi connectivity index (χ4n) is 2.14. The molecule has 0 fully saturated rings. The fourth-order valence-corrected chi connectivity index (χ4v) is 2.14. The molecular formula is C17H23NO5. The van der Waals surface area contributed by atoms with Gasteiger partial charge in [-0.15, -0.1) is 0 Å². The van der Waals surface area contributed by atoms with Crippen LogP contribution in [0.1, 0.15) is 37.9 Å². The summed E-state index contributed by atoms with van der Waals surface area (Å²) in [4.78, 5) is 35.6. The Morgan fingerprint density at radius 3 is 2.30 bits per heavy atom. The number of carbonyl (C=O) groups is 3. The van der Waals surface area contributed by atoms with E-state index in [4.69, 9.17) is 9.47 Å². The number of carbonyl (C=O) groups excluding carboxylic acids is 3. The zero-order valence-corrected chi connectivity index (χ0v) is 13.7. The Hall–Kier alpha value is -2.21. The van der Waals surface area contributed by atoms with Crippen LogP contribution in [0, 0.1) is 0 Å². The van der Waals surface area contributed by atoms with Crippen molar-refractivity contribution in [2.45, 2.75) is 38.3 Å². The maximum absolute atomic E-state index is 12.4. The second-order valence-electron chi connectivity index (χ2n) is 5.04. The normalized spacial score (nSPS) is 13.0. The van der Waals surface area contributed by atoms with E-state index in [1.807, 2.05) is 6.07 Å². The molecule has 23 heavy (non-hydrogen) atoms. The largest absolute Gasteiger partial charge is 0.467 e. The summed E-state index contributed by atoms with van der Waals surface area (Å²) in [5, 5.41) is 2.61. The van der Waals surface area contributed by atoms with Gasteiger partial charge in [-0.2, -0.15) is 0 Å². The Bertz CT molecular complexity index is 529. The van der Waals surface area contributed by atoms with E-state index in [-0.39, 0.29) is 18.6 Å². The molecule has 0 aliphatic heterocycles. The lowest BCUT2D eigenvalue weighted by Crippen LogP contribution is -2.44. The third-order valence-corrected chi connectivity index (χ3v) is 3.48. The summed E-state index contributed by atoms with van der Waals surface area (Å²) in [6.45, 7) is 1.75. The molecule has 1 rings (SSSR count). The van der Waals surface area contributed by atoms with Gasteiger partial charge in [0.05, 0.1) is 7.11 Å². The summed E-state index contributed by atoms with van der Waals surface area (Å²) < 4.78 is 9.92. The van der Waals surface area contributed by atoms with Gasteiger partial charge in [-0.1, -0.05) is 37.3 Å². The summed E-state index contributed by atoms with van der Waals surface area (Å²) in [6.07, 6.45) is -0.0206. The predicted molar refractivity (Wildman–Crippen MR) is 84.7 cm³/mol. The van der Waals surface area contributed by atoms with Crippen LogP contribution in [-0.4, -0.2) is 37.9 Å². The number of ketones is 1. The summed E-state index contributed by atoms with van der Waals surface area (Å²) >= 11 is 0. The van der Waals surface area contributed by atoms with Gasteiger partial charge in [0, 0.05) is 20.0 Å². The van der Waals surface area contributed by atoms with E-state index in [0.717, 1.165) is 0 Å². The van der Waals surface area contributed by atoms with Crippen LogP contribution in [0.15, 0.2) is 30.3 Å². The van der Waals surface area contributed by atoms with E-state index in [1.165, 1.54) is 14.2 Å². The molecule has 0 saturated carbocycles. The average molecular weight is 321 g/mol. The highest BCUT2D eigenvalue weighted by molar-refractivity contribution is 5.88. The van der Waals surface area contributed by atoms with E-state index in [1.54, 1.807) is 31.2 Å². The van der Waals surface area contributed by atoms with Gasteiger partial charge in [-0.05, 0) is 12.0 Å². The zero-order chi connectivity index (χ0) is 17.2. The first-order valence-corrected chi connectivity index (χ1v) is 7.51. The van der Waals surface area contributed by atoms with Crippen LogP contribution in [0.2, 0.25) is 0 Å². The topological polar surface area (TPSA) is 81.7 Å². The molecule has 1 amide bonds. The molecule has 0 bridgehead atoms. The number of Topliss-reactive ketones (excluding diaryl/α,β-unsaturated/α-hetero) is 1. The highest BCUT2D eigenvalue weighted by Gasteiger charge is 2.27. The van der Waals surface area contributed by atoms with Crippen LogP contribution in [0.5, 0.6) is 0 Å². The number of methoxy groups -OCH3 is 2. The third kappa shape index (κ3) is 5.83. The molecule has 6 heteroatoms. The van der Waals surface area contributed by atoms with Crippen molar-refractivity contribution in [2.75, 3.05) is 14.2 Å². The standard InChI is InChI=1S/C17H23NO5/c1-4-13(19)10-11-14(17(21)23-3)18-16(20)15(22-2)12-8-6-5-7-9-12/h5-9,14-15H,4,10-11H2,1-3H3,(H,18,20)/t14-,15-/m0/s1. The number of amides is 1. The van der Waals surface area contributed by atoms with E-state index in [2.05, 4.69) is 5.32 Å². The number of benzene rings is 1. The lowest BCUT2D eigenvalue weighted by Gasteiger charge is -2.20. The first kappa shape index (κ1) is 18.8. The van der Waals surface area contributed by atoms with Gasteiger partial charge in [0.25, 0.3) is 5.91 Å². The number of nitrogens with one attached hydrogen (secondary N) is 1. The van der Waals surface area contributed by atoms with Crippen molar-refractivity contribution in [1.82, 2.24) is 5.32 Å². The maximum Gasteiger partial charge on any atom is 0.328 e. The summed E-state index contributed by atoms with van der Waals surface area (Å²) in [5.74, 6) is -0.997. The zero-order valence-electron chi connectivity index (χ0n) is 13.7. The quantitative estimate of drug-likeness (QED) is 0.701. The van der Waals surface area contributed by atoms with Gasteiger partial charge in [0.15, 0.2) is 6.10 Å². The molecule has 1 N–H and O–H groups in total. The van der Waals surface area contributed by atoms with E-state index in [9.17, 15) is 14.4 Å². The van der Waals surface area contributed by atoms with Crippen LogP contribution in [0.4, 0.5) is 0 Å². The number of hydrogen-bond acceptors (Lipinski definition) is 5. The average Bonchev–Trinajstić information content (AvgIpc) is 2.59. The molecule has 0 unspecified atom stereocenters. The van der Waals surface area contributed by atoms with Crippen LogP contribution in [-0.2, 0) is 23.9 Å². The lowest BCUT2D eigenvalue weighted by atomic mass is 10.1. The molecule has 0 aromatic heterocycles. The molecule has 6 nitrogen and oxygen atoms in total. The molecule has 1 aromatic rings. The Balaban J connectivity index is 2.78. The van der Waals surface area contributed by atoms with Gasteiger partial charge < -0.3 is 14.8 Å². The number of ether oxygens (including phenoxy) is 2. The summed E-state index contributed by atoms with van der Waals surface area (Å²) in [7, 11) is 2.67. The lowest BCUT2D eigenvalue weighted by molar-refractivity contribution is -0.147. The van der Waals surface area contributed by atoms with Gasteiger partial charge in [0.2, 0.25) is 0 Å². The van der Waals surface area contributed by atoms with Crippen molar-refractivity contribution in [1.29, 1.82) is 0 Å². The smallest absolute Gasteiger partial charge is 0.328 e. The molecule has 0 aliphatic carbocycles. The van der Waals surface area contributed by atoms with Crippen LogP contribution < -0.4 is 5.32 Å². The van der Waals surface area contributed by atoms with Crippen molar-refractivity contribution in [2.24, 2.45) is 0 Å². The first-order chi connectivity index (χ1) is 11.0. The molecule has 0 spiro atoms. The first-order valence-electron chi connectivity index (χ1n) is 7.51. The fraction of sp³-hybridized carbons (Fsp3) is 0.471. The minimum absolute atomic E-state index is 0.0273. The molecular weight excluding hydrogens is 298 g/mol. The highest BCUT2D eigenvalue weighted by Crippen LogP contribution is 2.17. The summed E-state index contributed by atoms with van der Waals surface area (Å²) in [6, 6.07) is 8.09. The highest BCUT2D eigenvalue weighted by atomic mass is 16.5.